The molecule has 12 heteroatoms. The van der Waals surface area contributed by atoms with Crippen LogP contribution in [0, 0.1) is 0 Å². The van der Waals surface area contributed by atoms with Gasteiger partial charge in [-0.2, -0.15) is 18.2 Å². The Morgan fingerprint density at radius 3 is 2.66 bits per heavy atom. The number of pyridine rings is 2. The zero-order valence-electron chi connectivity index (χ0n) is 16.7. The summed E-state index contributed by atoms with van der Waals surface area (Å²) in [6.45, 7) is -0.458. The molecule has 0 atom stereocenters. The van der Waals surface area contributed by atoms with E-state index in [4.69, 9.17) is 4.52 Å². The second kappa shape index (κ2) is 9.20. The second-order valence-electron chi connectivity index (χ2n) is 7.15. The van der Waals surface area contributed by atoms with Crippen molar-refractivity contribution in [2.75, 3.05) is 25.0 Å². The first-order valence-electron chi connectivity index (χ1n) is 9.84. The van der Waals surface area contributed by atoms with Crippen molar-refractivity contribution in [3.63, 3.8) is 0 Å². The van der Waals surface area contributed by atoms with Crippen LogP contribution in [-0.4, -0.2) is 56.9 Å². The molecule has 0 bridgehead atoms. The molecule has 4 heterocycles. The van der Waals surface area contributed by atoms with Crippen molar-refractivity contribution >= 4 is 11.7 Å². The quantitative estimate of drug-likeness (QED) is 0.631. The number of rotatable bonds is 5. The summed E-state index contributed by atoms with van der Waals surface area (Å²) in [6.07, 6.45) is -0.240. The number of likely N-dealkylation sites (tertiary alicyclic amines) is 1. The van der Waals surface area contributed by atoms with Gasteiger partial charge in [0.15, 0.2) is 6.61 Å². The number of nitrogens with one attached hydrogen (secondary N) is 1. The molecule has 0 unspecified atom stereocenters. The first kappa shape index (κ1) is 21.5. The minimum absolute atomic E-state index is 0.0377. The fraction of sp³-hybridized carbons (Fsp3) is 0.350. The van der Waals surface area contributed by atoms with Crippen molar-refractivity contribution in [2.24, 2.45) is 0 Å². The maximum Gasteiger partial charge on any atom is 0.422 e. The summed E-state index contributed by atoms with van der Waals surface area (Å²) in [5, 5.41) is 6.66. The summed E-state index contributed by atoms with van der Waals surface area (Å²) in [4.78, 5) is 26.5. The summed E-state index contributed by atoms with van der Waals surface area (Å²) in [7, 11) is 0. The van der Waals surface area contributed by atoms with E-state index in [2.05, 4.69) is 30.2 Å². The highest BCUT2D eigenvalue weighted by Crippen LogP contribution is 2.28. The molecule has 0 aromatic carbocycles. The molecule has 0 aliphatic carbocycles. The third kappa shape index (κ3) is 5.50. The van der Waals surface area contributed by atoms with Gasteiger partial charge >= 0.3 is 12.2 Å². The summed E-state index contributed by atoms with van der Waals surface area (Å²) in [5.41, 5.74) is 0.983. The monoisotopic (exact) mass is 448 g/mol. The maximum atomic E-state index is 12.5. The molecule has 32 heavy (non-hydrogen) atoms. The van der Waals surface area contributed by atoms with E-state index in [-0.39, 0.29) is 17.8 Å². The van der Waals surface area contributed by atoms with E-state index in [1.54, 1.807) is 23.2 Å². The number of carbonyl (C=O) groups is 1. The number of ether oxygens (including phenoxy) is 1. The Kier molecular flexibility index (Phi) is 6.19. The van der Waals surface area contributed by atoms with Crippen LogP contribution >= 0.6 is 0 Å². The van der Waals surface area contributed by atoms with Crippen molar-refractivity contribution < 1.29 is 27.2 Å². The van der Waals surface area contributed by atoms with Crippen molar-refractivity contribution in [3.05, 3.63) is 48.6 Å². The SMILES string of the molecule is O=C(Nc1ccc(OCC(F)(F)F)nc1)N1CCC(c2nc(-c3ccccn3)no2)CC1. The highest BCUT2D eigenvalue weighted by atomic mass is 19.4. The van der Waals surface area contributed by atoms with Gasteiger partial charge in [0.05, 0.1) is 11.9 Å². The Morgan fingerprint density at radius 1 is 1.19 bits per heavy atom. The average molecular weight is 448 g/mol. The maximum absolute atomic E-state index is 12.5. The van der Waals surface area contributed by atoms with Gasteiger partial charge in [0.25, 0.3) is 0 Å². The molecule has 1 N–H and O–H groups in total. The van der Waals surface area contributed by atoms with Crippen molar-refractivity contribution in [2.45, 2.75) is 24.9 Å². The zero-order chi connectivity index (χ0) is 22.6. The van der Waals surface area contributed by atoms with Gasteiger partial charge in [-0.05, 0) is 31.0 Å². The number of urea groups is 1. The molecule has 168 valence electrons. The Balaban J connectivity index is 1.27. The number of hydrogen-bond acceptors (Lipinski definition) is 7. The van der Waals surface area contributed by atoms with Crippen LogP contribution in [0.15, 0.2) is 47.2 Å². The van der Waals surface area contributed by atoms with Crippen LogP contribution in [0.3, 0.4) is 0 Å². The van der Waals surface area contributed by atoms with Gasteiger partial charge in [0.2, 0.25) is 17.6 Å². The molecule has 1 aliphatic heterocycles. The van der Waals surface area contributed by atoms with E-state index >= 15 is 0 Å². The molecule has 3 aromatic heterocycles. The van der Waals surface area contributed by atoms with Crippen LogP contribution in [0.25, 0.3) is 11.5 Å². The average Bonchev–Trinajstić information content (AvgIpc) is 3.29. The fourth-order valence-electron chi connectivity index (χ4n) is 3.23. The number of alkyl halides is 3. The third-order valence-electron chi connectivity index (χ3n) is 4.84. The normalized spacial score (nSPS) is 14.9. The minimum atomic E-state index is -4.44. The molecule has 4 rings (SSSR count). The molecule has 3 aromatic rings. The number of nitrogens with zero attached hydrogens (tertiary/aromatic N) is 5. The number of halogens is 3. The first-order chi connectivity index (χ1) is 15.4. The number of anilines is 1. The van der Waals surface area contributed by atoms with Crippen LogP contribution in [0.2, 0.25) is 0 Å². The van der Waals surface area contributed by atoms with Crippen LogP contribution in [-0.2, 0) is 0 Å². The van der Waals surface area contributed by atoms with Gasteiger partial charge in [0, 0.05) is 31.3 Å². The third-order valence-corrected chi connectivity index (χ3v) is 4.84. The summed E-state index contributed by atoms with van der Waals surface area (Å²) in [5.74, 6) is 0.807. The summed E-state index contributed by atoms with van der Waals surface area (Å²) >= 11 is 0. The molecule has 0 spiro atoms. The van der Waals surface area contributed by atoms with Crippen molar-refractivity contribution in [3.8, 4) is 17.4 Å². The lowest BCUT2D eigenvalue weighted by molar-refractivity contribution is -0.154. The molecule has 1 fully saturated rings. The van der Waals surface area contributed by atoms with Crippen LogP contribution in [0.1, 0.15) is 24.7 Å². The van der Waals surface area contributed by atoms with Crippen LogP contribution < -0.4 is 10.1 Å². The van der Waals surface area contributed by atoms with E-state index in [1.807, 2.05) is 6.07 Å². The Bertz CT molecular complexity index is 1030. The lowest BCUT2D eigenvalue weighted by Gasteiger charge is -2.30. The fourth-order valence-corrected chi connectivity index (χ4v) is 3.23. The topological polar surface area (TPSA) is 106 Å². The van der Waals surface area contributed by atoms with Gasteiger partial charge in [0.1, 0.15) is 5.69 Å². The predicted octanol–water partition coefficient (Wildman–Crippen LogP) is 3.88. The largest absolute Gasteiger partial charge is 0.468 e. The Hall–Kier alpha value is -3.70. The van der Waals surface area contributed by atoms with Gasteiger partial charge in [-0.25, -0.2) is 9.78 Å². The number of carbonyl (C=O) groups excluding carboxylic acids is 1. The smallest absolute Gasteiger partial charge is 0.422 e. The molecular formula is C20H19F3N6O3. The van der Waals surface area contributed by atoms with E-state index in [0.717, 1.165) is 0 Å². The van der Waals surface area contributed by atoms with Gasteiger partial charge < -0.3 is 19.5 Å². The second-order valence-corrected chi connectivity index (χ2v) is 7.15. The van der Waals surface area contributed by atoms with E-state index in [0.29, 0.717) is 49.0 Å². The number of hydrogen-bond donors (Lipinski definition) is 1. The predicted molar refractivity (Wildman–Crippen MR) is 106 cm³/mol. The summed E-state index contributed by atoms with van der Waals surface area (Å²) in [6, 6.07) is 7.81. The molecule has 0 radical (unpaired) electrons. The Labute approximate surface area is 180 Å². The van der Waals surface area contributed by atoms with Crippen LogP contribution in [0.5, 0.6) is 5.88 Å². The lowest BCUT2D eigenvalue weighted by atomic mass is 9.97. The molecule has 1 saturated heterocycles. The van der Waals surface area contributed by atoms with Gasteiger partial charge in [-0.1, -0.05) is 11.2 Å². The van der Waals surface area contributed by atoms with E-state index in [9.17, 15) is 18.0 Å². The molecule has 9 nitrogen and oxygen atoms in total. The lowest BCUT2D eigenvalue weighted by Crippen LogP contribution is -2.40. The molecule has 2 amide bonds. The van der Waals surface area contributed by atoms with Crippen molar-refractivity contribution in [1.29, 1.82) is 0 Å². The number of aromatic nitrogens is 4. The summed E-state index contributed by atoms with van der Waals surface area (Å²) < 4.78 is 46.5. The highest BCUT2D eigenvalue weighted by Gasteiger charge is 2.29. The van der Waals surface area contributed by atoms with E-state index < -0.39 is 12.8 Å². The number of amides is 2. The Morgan fingerprint density at radius 2 is 2.00 bits per heavy atom. The number of piperidine rings is 1. The standard InChI is InChI=1S/C20H19F3N6O3/c21-20(22,23)12-31-16-5-4-14(11-25-16)26-19(30)29-9-6-13(7-10-29)18-27-17(28-32-18)15-3-1-2-8-24-15/h1-5,8,11,13H,6-7,9-10,12H2,(H,26,30). The molecule has 0 saturated carbocycles. The van der Waals surface area contributed by atoms with E-state index in [1.165, 1.54) is 18.3 Å². The van der Waals surface area contributed by atoms with Gasteiger partial charge in [-0.3, -0.25) is 4.98 Å². The van der Waals surface area contributed by atoms with Gasteiger partial charge in [-0.15, -0.1) is 0 Å². The van der Waals surface area contributed by atoms with Crippen LogP contribution in [0.4, 0.5) is 23.7 Å². The van der Waals surface area contributed by atoms with Crippen molar-refractivity contribution in [1.82, 2.24) is 25.0 Å². The zero-order valence-corrected chi connectivity index (χ0v) is 16.7. The molecular weight excluding hydrogens is 429 g/mol. The molecule has 1 aliphatic rings. The highest BCUT2D eigenvalue weighted by molar-refractivity contribution is 5.89. The first-order valence-corrected chi connectivity index (χ1v) is 9.84. The minimum Gasteiger partial charge on any atom is -0.468 e.